The van der Waals surface area contributed by atoms with E-state index >= 15 is 0 Å². The number of aryl methyl sites for hydroxylation is 2. The standard InChI is InChI=1S/C20H23N3O2S2/c1-5-22(6-2)17(24)12-27-20-21-16-9-10-26-18(16)19(25)23(20)15-8-7-13(3)14(4)11-15/h7-11H,5-6,12H2,1-4H3. The molecule has 1 amide bonds. The van der Waals surface area contributed by atoms with Gasteiger partial charge in [0.25, 0.3) is 5.56 Å². The Morgan fingerprint density at radius 3 is 2.59 bits per heavy atom. The molecule has 142 valence electrons. The van der Waals surface area contributed by atoms with Crippen molar-refractivity contribution in [3.63, 3.8) is 0 Å². The summed E-state index contributed by atoms with van der Waals surface area (Å²) in [5.41, 5.74) is 3.66. The fraction of sp³-hybridized carbons (Fsp3) is 0.350. The van der Waals surface area contributed by atoms with Gasteiger partial charge >= 0.3 is 0 Å². The first kappa shape index (κ1) is 19.6. The first-order valence-electron chi connectivity index (χ1n) is 8.94. The Kier molecular flexibility index (Phi) is 6.01. The molecule has 2 heterocycles. The van der Waals surface area contributed by atoms with Gasteiger partial charge in [-0.15, -0.1) is 11.3 Å². The molecule has 27 heavy (non-hydrogen) atoms. The topological polar surface area (TPSA) is 55.2 Å². The molecule has 3 aromatic rings. The van der Waals surface area contributed by atoms with Gasteiger partial charge in [-0.1, -0.05) is 17.8 Å². The van der Waals surface area contributed by atoms with E-state index in [9.17, 15) is 9.59 Å². The van der Waals surface area contributed by atoms with Gasteiger partial charge in [0.15, 0.2) is 5.16 Å². The number of thiophene rings is 1. The van der Waals surface area contributed by atoms with Crippen LogP contribution in [0.3, 0.4) is 0 Å². The maximum absolute atomic E-state index is 13.1. The lowest BCUT2D eigenvalue weighted by Gasteiger charge is -2.19. The molecule has 1 aromatic carbocycles. The summed E-state index contributed by atoms with van der Waals surface area (Å²) in [4.78, 5) is 32.0. The number of thioether (sulfide) groups is 1. The van der Waals surface area contributed by atoms with E-state index in [4.69, 9.17) is 0 Å². The van der Waals surface area contributed by atoms with Crippen molar-refractivity contribution in [3.8, 4) is 5.69 Å². The summed E-state index contributed by atoms with van der Waals surface area (Å²) in [5.74, 6) is 0.311. The summed E-state index contributed by atoms with van der Waals surface area (Å²) in [5, 5.41) is 2.42. The molecule has 7 heteroatoms. The summed E-state index contributed by atoms with van der Waals surface area (Å²) in [6, 6.07) is 7.78. The Bertz CT molecular complexity index is 1040. The van der Waals surface area contributed by atoms with Crippen LogP contribution in [-0.4, -0.2) is 39.2 Å². The zero-order chi connectivity index (χ0) is 19.6. The lowest BCUT2D eigenvalue weighted by molar-refractivity contribution is -0.127. The quantitative estimate of drug-likeness (QED) is 0.462. The summed E-state index contributed by atoms with van der Waals surface area (Å²) >= 11 is 2.71. The number of nitrogens with zero attached hydrogens (tertiary/aromatic N) is 3. The van der Waals surface area contributed by atoms with Gasteiger partial charge in [0, 0.05) is 13.1 Å². The normalized spacial score (nSPS) is 11.1. The van der Waals surface area contributed by atoms with E-state index in [1.807, 2.05) is 57.3 Å². The fourth-order valence-corrected chi connectivity index (χ4v) is 4.55. The maximum Gasteiger partial charge on any atom is 0.276 e. The third-order valence-corrected chi connectivity index (χ3v) is 6.45. The van der Waals surface area contributed by atoms with Gasteiger partial charge in [-0.3, -0.25) is 14.2 Å². The summed E-state index contributed by atoms with van der Waals surface area (Å²) < 4.78 is 2.26. The monoisotopic (exact) mass is 401 g/mol. The number of hydrogen-bond acceptors (Lipinski definition) is 5. The second-order valence-electron chi connectivity index (χ2n) is 6.29. The zero-order valence-electron chi connectivity index (χ0n) is 16.0. The number of fused-ring (bicyclic) bond motifs is 1. The molecule has 0 aliphatic carbocycles. The van der Waals surface area contributed by atoms with Crippen molar-refractivity contribution < 1.29 is 4.79 Å². The SMILES string of the molecule is CCN(CC)C(=O)CSc1nc2ccsc2c(=O)n1-c1ccc(C)c(C)c1. The van der Waals surface area contributed by atoms with Crippen LogP contribution in [0.2, 0.25) is 0 Å². The first-order valence-corrected chi connectivity index (χ1v) is 10.8. The molecular weight excluding hydrogens is 378 g/mol. The van der Waals surface area contributed by atoms with Crippen LogP contribution < -0.4 is 5.56 Å². The van der Waals surface area contributed by atoms with Gasteiger partial charge in [0.05, 0.1) is 17.0 Å². The first-order chi connectivity index (χ1) is 13.0. The van der Waals surface area contributed by atoms with Crippen LogP contribution in [0.15, 0.2) is 39.6 Å². The highest BCUT2D eigenvalue weighted by molar-refractivity contribution is 7.99. The van der Waals surface area contributed by atoms with Gasteiger partial charge in [-0.25, -0.2) is 4.98 Å². The minimum Gasteiger partial charge on any atom is -0.343 e. The van der Waals surface area contributed by atoms with E-state index in [0.29, 0.717) is 28.5 Å². The molecular formula is C20H23N3O2S2. The molecule has 0 atom stereocenters. The van der Waals surface area contributed by atoms with Crippen molar-refractivity contribution in [1.82, 2.24) is 14.5 Å². The van der Waals surface area contributed by atoms with Gasteiger partial charge in [0.2, 0.25) is 5.91 Å². The fourth-order valence-electron chi connectivity index (χ4n) is 2.88. The molecule has 0 radical (unpaired) electrons. The van der Waals surface area contributed by atoms with Crippen molar-refractivity contribution in [1.29, 1.82) is 0 Å². The highest BCUT2D eigenvalue weighted by atomic mass is 32.2. The van der Waals surface area contributed by atoms with Crippen molar-refractivity contribution in [2.45, 2.75) is 32.9 Å². The minimum atomic E-state index is -0.0870. The molecule has 0 unspecified atom stereocenters. The van der Waals surface area contributed by atoms with E-state index in [1.54, 1.807) is 9.47 Å². The minimum absolute atomic E-state index is 0.0521. The number of aromatic nitrogens is 2. The predicted molar refractivity (Wildman–Crippen MR) is 113 cm³/mol. The van der Waals surface area contributed by atoms with Crippen molar-refractivity contribution >= 4 is 39.2 Å². The van der Waals surface area contributed by atoms with Crippen LogP contribution in [0.5, 0.6) is 0 Å². The molecule has 0 fully saturated rings. The van der Waals surface area contributed by atoms with Crippen LogP contribution in [0, 0.1) is 13.8 Å². The maximum atomic E-state index is 13.1. The lowest BCUT2D eigenvalue weighted by Crippen LogP contribution is -2.32. The van der Waals surface area contributed by atoms with Crippen LogP contribution in [0.25, 0.3) is 15.9 Å². The lowest BCUT2D eigenvalue weighted by atomic mass is 10.1. The molecule has 0 aliphatic heterocycles. The molecule has 0 spiro atoms. The number of hydrogen-bond donors (Lipinski definition) is 0. The van der Waals surface area contributed by atoms with Gasteiger partial charge in [-0.2, -0.15) is 0 Å². The van der Waals surface area contributed by atoms with E-state index in [1.165, 1.54) is 28.7 Å². The summed E-state index contributed by atoms with van der Waals surface area (Å²) in [6.07, 6.45) is 0. The van der Waals surface area contributed by atoms with Gasteiger partial charge in [-0.05, 0) is 62.4 Å². The van der Waals surface area contributed by atoms with Crippen molar-refractivity contribution in [2.24, 2.45) is 0 Å². The molecule has 0 saturated carbocycles. The number of carbonyl (C=O) groups is 1. The second-order valence-corrected chi connectivity index (χ2v) is 8.15. The van der Waals surface area contributed by atoms with E-state index in [-0.39, 0.29) is 17.2 Å². The zero-order valence-corrected chi connectivity index (χ0v) is 17.6. The highest BCUT2D eigenvalue weighted by Crippen LogP contribution is 2.24. The molecule has 2 aromatic heterocycles. The van der Waals surface area contributed by atoms with Crippen LogP contribution in [0.4, 0.5) is 0 Å². The Labute approximate surface area is 167 Å². The Morgan fingerprint density at radius 2 is 1.93 bits per heavy atom. The smallest absolute Gasteiger partial charge is 0.276 e. The molecule has 0 aliphatic rings. The highest BCUT2D eigenvalue weighted by Gasteiger charge is 2.17. The van der Waals surface area contributed by atoms with Crippen LogP contribution in [0.1, 0.15) is 25.0 Å². The summed E-state index contributed by atoms with van der Waals surface area (Å²) in [7, 11) is 0. The number of rotatable bonds is 6. The molecule has 0 saturated heterocycles. The Balaban J connectivity index is 2.06. The largest absolute Gasteiger partial charge is 0.343 e. The Morgan fingerprint density at radius 1 is 1.19 bits per heavy atom. The predicted octanol–water partition coefficient (Wildman–Crippen LogP) is 4.02. The molecule has 0 bridgehead atoms. The average molecular weight is 402 g/mol. The molecule has 5 nitrogen and oxygen atoms in total. The number of carbonyl (C=O) groups excluding carboxylic acids is 1. The van der Waals surface area contributed by atoms with E-state index < -0.39 is 0 Å². The third-order valence-electron chi connectivity index (χ3n) is 4.64. The Hall–Kier alpha value is -2.12. The third kappa shape index (κ3) is 3.94. The number of benzene rings is 1. The number of amides is 1. The van der Waals surface area contributed by atoms with Crippen LogP contribution >= 0.6 is 23.1 Å². The van der Waals surface area contributed by atoms with Gasteiger partial charge < -0.3 is 4.90 Å². The molecule has 0 N–H and O–H groups in total. The van der Waals surface area contributed by atoms with Gasteiger partial charge in [0.1, 0.15) is 4.70 Å². The van der Waals surface area contributed by atoms with Crippen molar-refractivity contribution in [3.05, 3.63) is 51.1 Å². The van der Waals surface area contributed by atoms with Crippen molar-refractivity contribution in [2.75, 3.05) is 18.8 Å². The van der Waals surface area contributed by atoms with E-state index in [2.05, 4.69) is 4.98 Å². The average Bonchev–Trinajstić information content (AvgIpc) is 3.12. The summed E-state index contributed by atoms with van der Waals surface area (Å²) in [6.45, 7) is 9.35. The second kappa shape index (κ2) is 8.27. The van der Waals surface area contributed by atoms with E-state index in [0.717, 1.165) is 11.3 Å². The molecule has 3 rings (SSSR count). The van der Waals surface area contributed by atoms with Crippen LogP contribution in [-0.2, 0) is 4.79 Å².